The van der Waals surface area contributed by atoms with Gasteiger partial charge in [0, 0.05) is 12.3 Å². The Morgan fingerprint density at radius 1 is 1.20 bits per heavy atom. The molecule has 0 aromatic heterocycles. The third kappa shape index (κ3) is 4.00. The molecule has 0 bridgehead atoms. The molecule has 1 rings (SSSR count). The lowest BCUT2D eigenvalue weighted by molar-refractivity contribution is -0.140. The number of benzene rings is 1. The zero-order valence-corrected chi connectivity index (χ0v) is 13.4. The molecule has 1 N–H and O–H groups in total. The minimum Gasteiger partial charge on any atom is -0.480 e. The van der Waals surface area contributed by atoms with Gasteiger partial charge in [-0.3, -0.25) is 4.79 Å². The third-order valence-electron chi connectivity index (χ3n) is 3.73. The van der Waals surface area contributed by atoms with E-state index in [1.165, 1.54) is 0 Å². The van der Waals surface area contributed by atoms with Gasteiger partial charge in [-0.25, -0.2) is 0 Å². The molecule has 3 nitrogen and oxygen atoms in total. The zero-order chi connectivity index (χ0) is 15.0. The molecule has 1 aromatic carbocycles. The summed E-state index contributed by atoms with van der Waals surface area (Å²) in [6, 6.07) is 9.58. The van der Waals surface area contributed by atoms with Crippen LogP contribution < -0.4 is 0 Å². The highest BCUT2D eigenvalue weighted by Crippen LogP contribution is 2.40. The molecular weight excluding hydrogens is 270 g/mol. The molecule has 0 spiro atoms. The maximum absolute atomic E-state index is 11.8. The van der Waals surface area contributed by atoms with Gasteiger partial charge in [0.15, 0.2) is 0 Å². The molecule has 1 atom stereocenters. The summed E-state index contributed by atoms with van der Waals surface area (Å²) < 4.78 is -0.825. The molecule has 0 radical (unpaired) electrons. The van der Waals surface area contributed by atoms with Crippen molar-refractivity contribution in [3.05, 3.63) is 35.9 Å². The summed E-state index contributed by atoms with van der Waals surface area (Å²) in [4.78, 5) is 14.2. The van der Waals surface area contributed by atoms with Crippen molar-refractivity contribution >= 4 is 17.7 Å². The van der Waals surface area contributed by atoms with Crippen LogP contribution in [0.1, 0.15) is 32.8 Å². The smallest absolute Gasteiger partial charge is 0.324 e. The van der Waals surface area contributed by atoms with E-state index < -0.39 is 10.7 Å². The molecule has 0 aliphatic carbocycles. The molecule has 0 saturated heterocycles. The normalized spacial score (nSPS) is 14.2. The lowest BCUT2D eigenvalue weighted by Gasteiger charge is -2.29. The van der Waals surface area contributed by atoms with Crippen molar-refractivity contribution in [1.29, 1.82) is 0 Å². The second-order valence-electron chi connectivity index (χ2n) is 4.73. The molecule has 0 fully saturated rings. The number of nitrogens with zero attached hydrogens (tertiary/aromatic N) is 1. The Morgan fingerprint density at radius 3 is 2.25 bits per heavy atom. The van der Waals surface area contributed by atoms with Crippen LogP contribution in [-0.2, 0) is 9.54 Å². The fourth-order valence-electron chi connectivity index (χ4n) is 2.32. The quantitative estimate of drug-likeness (QED) is 0.757. The third-order valence-corrected chi connectivity index (χ3v) is 5.31. The number of aliphatic carboxylic acids is 1. The molecule has 112 valence electrons. The Bertz CT molecular complexity index is 406. The number of rotatable bonds is 9. The molecule has 0 heterocycles. The molecule has 0 saturated carbocycles. The summed E-state index contributed by atoms with van der Waals surface area (Å²) in [6.07, 6.45) is 0.593. The minimum atomic E-state index is -0.825. The van der Waals surface area contributed by atoms with Gasteiger partial charge < -0.3 is 10.0 Å². The first-order chi connectivity index (χ1) is 9.60. The summed E-state index contributed by atoms with van der Waals surface area (Å²) >= 11 is 1.55. The zero-order valence-electron chi connectivity index (χ0n) is 12.6. The monoisotopic (exact) mass is 295 g/mol. The molecule has 20 heavy (non-hydrogen) atoms. The van der Waals surface area contributed by atoms with Gasteiger partial charge in [0.2, 0.25) is 0 Å². The fourth-order valence-corrected chi connectivity index (χ4v) is 3.65. The van der Waals surface area contributed by atoms with E-state index in [2.05, 4.69) is 18.7 Å². The molecule has 4 heteroatoms. The lowest BCUT2D eigenvalue weighted by atomic mass is 9.95. The van der Waals surface area contributed by atoms with Crippen LogP contribution in [0.5, 0.6) is 0 Å². The van der Waals surface area contributed by atoms with Crippen molar-refractivity contribution in [3.8, 4) is 0 Å². The predicted octanol–water partition coefficient (Wildman–Crippen LogP) is 3.45. The second-order valence-corrected chi connectivity index (χ2v) is 6.12. The maximum atomic E-state index is 11.8. The van der Waals surface area contributed by atoms with E-state index in [1.54, 1.807) is 11.8 Å². The topological polar surface area (TPSA) is 40.5 Å². The van der Waals surface area contributed by atoms with Crippen LogP contribution in [0.15, 0.2) is 30.3 Å². The highest BCUT2D eigenvalue weighted by atomic mass is 32.2. The predicted molar refractivity (Wildman–Crippen MR) is 86.3 cm³/mol. The molecule has 1 unspecified atom stereocenters. The number of hydrogen-bond acceptors (Lipinski definition) is 3. The standard InChI is InChI=1S/C16H25NO2S/c1-4-16(15(18)19,14-10-8-7-9-11-14)20-13-12-17(5-2)6-3/h7-11H,4-6,12-13H2,1-3H3,(H,18,19). The van der Waals surface area contributed by atoms with Gasteiger partial charge >= 0.3 is 5.97 Å². The maximum Gasteiger partial charge on any atom is 0.324 e. The number of hydrogen-bond donors (Lipinski definition) is 1. The Labute approximate surface area is 126 Å². The summed E-state index contributed by atoms with van der Waals surface area (Å²) in [6.45, 7) is 9.17. The number of carbonyl (C=O) groups is 1. The van der Waals surface area contributed by atoms with E-state index in [4.69, 9.17) is 0 Å². The van der Waals surface area contributed by atoms with E-state index in [-0.39, 0.29) is 0 Å². The SMILES string of the molecule is CCN(CC)CCSC(CC)(C(=O)O)c1ccccc1. The highest BCUT2D eigenvalue weighted by Gasteiger charge is 2.39. The average molecular weight is 295 g/mol. The number of carboxylic acids is 1. The highest BCUT2D eigenvalue weighted by molar-refractivity contribution is 8.00. The number of carboxylic acid groups (broad SMARTS) is 1. The van der Waals surface area contributed by atoms with E-state index in [1.807, 2.05) is 37.3 Å². The van der Waals surface area contributed by atoms with Crippen molar-refractivity contribution in [2.24, 2.45) is 0 Å². The van der Waals surface area contributed by atoms with Crippen molar-refractivity contribution in [2.45, 2.75) is 31.9 Å². The summed E-state index contributed by atoms with van der Waals surface area (Å²) in [5.74, 6) is 0.0900. The van der Waals surface area contributed by atoms with E-state index in [9.17, 15) is 9.90 Å². The molecular formula is C16H25NO2S. The first-order valence-electron chi connectivity index (χ1n) is 7.25. The molecule has 1 aromatic rings. The van der Waals surface area contributed by atoms with Crippen LogP contribution in [0.3, 0.4) is 0 Å². The van der Waals surface area contributed by atoms with E-state index >= 15 is 0 Å². The van der Waals surface area contributed by atoms with Gasteiger partial charge in [0.25, 0.3) is 0 Å². The van der Waals surface area contributed by atoms with Crippen LogP contribution in [0.2, 0.25) is 0 Å². The molecule has 0 aliphatic heterocycles. The number of thioether (sulfide) groups is 1. The summed E-state index contributed by atoms with van der Waals surface area (Å²) in [5, 5.41) is 9.72. The van der Waals surface area contributed by atoms with Gasteiger partial charge in [-0.15, -0.1) is 11.8 Å². The Balaban J connectivity index is 2.83. The van der Waals surface area contributed by atoms with Crippen LogP contribution in [0.25, 0.3) is 0 Å². The first-order valence-corrected chi connectivity index (χ1v) is 8.24. The van der Waals surface area contributed by atoms with Gasteiger partial charge in [0.05, 0.1) is 0 Å². The van der Waals surface area contributed by atoms with Crippen LogP contribution in [0.4, 0.5) is 0 Å². The van der Waals surface area contributed by atoms with Crippen molar-refractivity contribution in [3.63, 3.8) is 0 Å². The van der Waals surface area contributed by atoms with Crippen LogP contribution in [-0.4, -0.2) is 41.4 Å². The van der Waals surface area contributed by atoms with Crippen molar-refractivity contribution < 1.29 is 9.90 Å². The van der Waals surface area contributed by atoms with Crippen molar-refractivity contribution in [2.75, 3.05) is 25.4 Å². The minimum absolute atomic E-state index is 0.593. The van der Waals surface area contributed by atoms with Crippen LogP contribution >= 0.6 is 11.8 Å². The fraction of sp³-hybridized carbons (Fsp3) is 0.562. The lowest BCUT2D eigenvalue weighted by Crippen LogP contribution is -2.34. The first kappa shape index (κ1) is 17.1. The Morgan fingerprint density at radius 2 is 1.80 bits per heavy atom. The summed E-state index contributed by atoms with van der Waals surface area (Å²) in [7, 11) is 0. The average Bonchev–Trinajstić information content (AvgIpc) is 2.48. The van der Waals surface area contributed by atoms with Gasteiger partial charge in [-0.1, -0.05) is 51.1 Å². The van der Waals surface area contributed by atoms with E-state index in [0.717, 1.165) is 31.0 Å². The largest absolute Gasteiger partial charge is 0.480 e. The Hall–Kier alpha value is -1.00. The van der Waals surface area contributed by atoms with Gasteiger partial charge in [-0.05, 0) is 25.1 Å². The van der Waals surface area contributed by atoms with Crippen molar-refractivity contribution in [1.82, 2.24) is 4.90 Å². The molecule has 0 aliphatic rings. The van der Waals surface area contributed by atoms with Gasteiger partial charge in [0.1, 0.15) is 4.75 Å². The Kier molecular flexibility index (Phi) is 7.10. The van der Waals surface area contributed by atoms with Crippen LogP contribution in [0, 0.1) is 0 Å². The summed E-state index contributed by atoms with van der Waals surface area (Å²) in [5.41, 5.74) is 0.888. The van der Waals surface area contributed by atoms with Gasteiger partial charge in [-0.2, -0.15) is 0 Å². The molecule has 0 amide bonds. The van der Waals surface area contributed by atoms with E-state index in [0.29, 0.717) is 6.42 Å². The second kappa shape index (κ2) is 8.32.